The van der Waals surface area contributed by atoms with Crippen LogP contribution in [0.3, 0.4) is 0 Å². The Labute approximate surface area is 104 Å². The summed E-state index contributed by atoms with van der Waals surface area (Å²) in [6.45, 7) is 2.29. The van der Waals surface area contributed by atoms with Crippen LogP contribution in [0.2, 0.25) is 0 Å². The summed E-state index contributed by atoms with van der Waals surface area (Å²) in [6, 6.07) is 0. The van der Waals surface area contributed by atoms with E-state index < -0.39 is 0 Å². The molecule has 0 aliphatic heterocycles. The third-order valence-corrected chi connectivity index (χ3v) is 2.89. The average molecular weight is 248 g/mol. The van der Waals surface area contributed by atoms with E-state index in [4.69, 9.17) is 0 Å². The molecule has 0 N–H and O–H groups in total. The van der Waals surface area contributed by atoms with Gasteiger partial charge in [-0.05, 0) is 6.42 Å². The Morgan fingerprint density at radius 1 is 1.28 bits per heavy atom. The van der Waals surface area contributed by atoms with Crippen molar-refractivity contribution in [1.29, 1.82) is 0 Å². The number of nitrogens with zero attached hydrogens (tertiary/aromatic N) is 4. The van der Waals surface area contributed by atoms with Crippen LogP contribution in [-0.4, -0.2) is 18.7 Å². The second-order valence-corrected chi connectivity index (χ2v) is 4.16. The van der Waals surface area contributed by atoms with Crippen LogP contribution < -0.4 is 11.2 Å². The highest BCUT2D eigenvalue weighted by Gasteiger charge is 2.13. The SMILES string of the molecule is CC/C=C\Cn1c(=O)c2c(ncn2C)n(C)c1=O. The van der Waals surface area contributed by atoms with Gasteiger partial charge >= 0.3 is 5.69 Å². The van der Waals surface area contributed by atoms with Crippen molar-refractivity contribution in [3.8, 4) is 0 Å². The maximum atomic E-state index is 12.2. The molecule has 2 rings (SSSR count). The van der Waals surface area contributed by atoms with Gasteiger partial charge in [-0.25, -0.2) is 9.78 Å². The summed E-state index contributed by atoms with van der Waals surface area (Å²) in [4.78, 5) is 28.4. The van der Waals surface area contributed by atoms with Crippen molar-refractivity contribution in [2.75, 3.05) is 0 Å². The fourth-order valence-electron chi connectivity index (χ4n) is 1.90. The molecule has 0 spiro atoms. The van der Waals surface area contributed by atoms with Crippen molar-refractivity contribution in [2.24, 2.45) is 14.1 Å². The quantitative estimate of drug-likeness (QED) is 0.739. The van der Waals surface area contributed by atoms with Gasteiger partial charge in [0.25, 0.3) is 5.56 Å². The van der Waals surface area contributed by atoms with Gasteiger partial charge in [-0.1, -0.05) is 19.1 Å². The molecule has 96 valence electrons. The molecule has 0 aliphatic carbocycles. The Morgan fingerprint density at radius 2 is 2.00 bits per heavy atom. The van der Waals surface area contributed by atoms with E-state index in [9.17, 15) is 9.59 Å². The largest absolute Gasteiger partial charge is 0.332 e. The third kappa shape index (κ3) is 1.79. The summed E-state index contributed by atoms with van der Waals surface area (Å²) in [5.74, 6) is 0. The van der Waals surface area contributed by atoms with Crippen molar-refractivity contribution >= 4 is 11.2 Å². The van der Waals surface area contributed by atoms with Crippen molar-refractivity contribution in [3.63, 3.8) is 0 Å². The summed E-state index contributed by atoms with van der Waals surface area (Å²) in [7, 11) is 3.37. The Hall–Kier alpha value is -2.11. The molecule has 0 saturated heterocycles. The molecule has 0 saturated carbocycles. The van der Waals surface area contributed by atoms with E-state index in [2.05, 4.69) is 4.98 Å². The van der Waals surface area contributed by atoms with E-state index in [0.717, 1.165) is 6.42 Å². The van der Waals surface area contributed by atoms with E-state index in [1.54, 1.807) is 18.7 Å². The first-order valence-corrected chi connectivity index (χ1v) is 5.83. The lowest BCUT2D eigenvalue weighted by atomic mass is 10.4. The lowest BCUT2D eigenvalue weighted by molar-refractivity contribution is 0.664. The smallest absolute Gasteiger partial charge is 0.328 e. The molecule has 2 aromatic rings. The molecular weight excluding hydrogens is 232 g/mol. The molecule has 2 heterocycles. The molecule has 0 radical (unpaired) electrons. The predicted molar refractivity (Wildman–Crippen MR) is 69.6 cm³/mol. The Kier molecular flexibility index (Phi) is 3.18. The van der Waals surface area contributed by atoms with Gasteiger partial charge in [0, 0.05) is 20.6 Å². The minimum absolute atomic E-state index is 0.292. The van der Waals surface area contributed by atoms with E-state index in [-0.39, 0.29) is 11.2 Å². The minimum Gasteiger partial charge on any atom is -0.328 e. The van der Waals surface area contributed by atoms with E-state index in [0.29, 0.717) is 17.7 Å². The summed E-state index contributed by atoms with van der Waals surface area (Å²) in [5, 5.41) is 0. The molecule has 0 unspecified atom stereocenters. The van der Waals surface area contributed by atoms with Gasteiger partial charge in [0.05, 0.1) is 6.33 Å². The fourth-order valence-corrected chi connectivity index (χ4v) is 1.90. The molecule has 18 heavy (non-hydrogen) atoms. The standard InChI is InChI=1S/C12H16N4O2/c1-4-5-6-7-16-11(17)9-10(13-8-14(9)2)15(3)12(16)18/h5-6,8H,4,7H2,1-3H3/b6-5-. The normalized spacial score (nSPS) is 11.7. The van der Waals surface area contributed by atoms with Crippen molar-refractivity contribution in [3.05, 3.63) is 39.3 Å². The van der Waals surface area contributed by atoms with Crippen molar-refractivity contribution in [2.45, 2.75) is 19.9 Å². The molecule has 0 bridgehead atoms. The van der Waals surface area contributed by atoms with Crippen LogP contribution in [0.1, 0.15) is 13.3 Å². The molecule has 0 aliphatic rings. The van der Waals surface area contributed by atoms with Crippen LogP contribution in [0, 0.1) is 0 Å². The predicted octanol–water partition coefficient (Wildman–Crippen LogP) is 0.400. The second kappa shape index (κ2) is 4.64. The summed E-state index contributed by atoms with van der Waals surface area (Å²) in [5.41, 5.74) is 0.228. The number of imidazole rings is 1. The van der Waals surface area contributed by atoms with Gasteiger partial charge in [-0.3, -0.25) is 13.9 Å². The van der Waals surface area contributed by atoms with Crippen LogP contribution in [-0.2, 0) is 20.6 Å². The van der Waals surface area contributed by atoms with Crippen LogP contribution in [0.5, 0.6) is 0 Å². The van der Waals surface area contributed by atoms with Gasteiger partial charge in [0.15, 0.2) is 11.2 Å². The molecule has 6 nitrogen and oxygen atoms in total. The Morgan fingerprint density at radius 3 is 2.67 bits per heavy atom. The molecule has 0 fully saturated rings. The van der Waals surface area contributed by atoms with Crippen molar-refractivity contribution in [1.82, 2.24) is 18.7 Å². The molecular formula is C12H16N4O2. The lowest BCUT2D eigenvalue weighted by Gasteiger charge is -2.06. The van der Waals surface area contributed by atoms with Crippen LogP contribution in [0.15, 0.2) is 28.1 Å². The third-order valence-electron chi connectivity index (χ3n) is 2.89. The molecule has 0 amide bonds. The maximum absolute atomic E-state index is 12.2. The van der Waals surface area contributed by atoms with Gasteiger partial charge in [-0.15, -0.1) is 0 Å². The van der Waals surface area contributed by atoms with E-state index >= 15 is 0 Å². The number of rotatable bonds is 3. The Balaban J connectivity index is 2.74. The van der Waals surface area contributed by atoms with Gasteiger partial charge in [0.2, 0.25) is 0 Å². The summed E-state index contributed by atoms with van der Waals surface area (Å²) >= 11 is 0. The molecule has 6 heteroatoms. The van der Waals surface area contributed by atoms with E-state index in [1.165, 1.54) is 15.5 Å². The highest BCUT2D eigenvalue weighted by molar-refractivity contribution is 5.69. The zero-order chi connectivity index (χ0) is 13.3. The van der Waals surface area contributed by atoms with Crippen LogP contribution in [0.4, 0.5) is 0 Å². The number of allylic oxidation sites excluding steroid dienone is 2. The van der Waals surface area contributed by atoms with Gasteiger partial charge < -0.3 is 4.57 Å². The zero-order valence-corrected chi connectivity index (χ0v) is 10.8. The van der Waals surface area contributed by atoms with E-state index in [1.807, 2.05) is 19.1 Å². The number of aromatic nitrogens is 4. The highest BCUT2D eigenvalue weighted by Crippen LogP contribution is 2.02. The second-order valence-electron chi connectivity index (χ2n) is 4.16. The van der Waals surface area contributed by atoms with Crippen LogP contribution >= 0.6 is 0 Å². The van der Waals surface area contributed by atoms with Gasteiger partial charge in [0.1, 0.15) is 0 Å². The monoisotopic (exact) mass is 248 g/mol. The topological polar surface area (TPSA) is 61.8 Å². The first-order chi connectivity index (χ1) is 8.57. The first kappa shape index (κ1) is 12.3. The maximum Gasteiger partial charge on any atom is 0.332 e. The Bertz CT molecular complexity index is 718. The number of hydrogen-bond acceptors (Lipinski definition) is 3. The zero-order valence-electron chi connectivity index (χ0n) is 10.8. The number of fused-ring (bicyclic) bond motifs is 1. The molecule has 0 aromatic carbocycles. The molecule has 0 atom stereocenters. The number of aryl methyl sites for hydroxylation is 2. The minimum atomic E-state index is -0.341. The first-order valence-electron chi connectivity index (χ1n) is 5.83. The average Bonchev–Trinajstić information content (AvgIpc) is 2.73. The molecule has 2 aromatic heterocycles. The van der Waals surface area contributed by atoms with Crippen LogP contribution in [0.25, 0.3) is 11.2 Å². The lowest BCUT2D eigenvalue weighted by Crippen LogP contribution is -2.39. The fraction of sp³-hybridized carbons (Fsp3) is 0.417. The van der Waals surface area contributed by atoms with Crippen molar-refractivity contribution < 1.29 is 0 Å². The highest BCUT2D eigenvalue weighted by atomic mass is 16.2. The van der Waals surface area contributed by atoms with Gasteiger partial charge in [-0.2, -0.15) is 0 Å². The number of hydrogen-bond donors (Lipinski definition) is 0. The summed E-state index contributed by atoms with van der Waals surface area (Å²) < 4.78 is 4.25. The summed E-state index contributed by atoms with van der Waals surface area (Å²) in [6.07, 6.45) is 6.17.